The maximum absolute atomic E-state index is 11.3. The van der Waals surface area contributed by atoms with E-state index in [1.54, 1.807) is 10.6 Å². The fourth-order valence-corrected chi connectivity index (χ4v) is 2.13. The summed E-state index contributed by atoms with van der Waals surface area (Å²) in [7, 11) is 0. The number of hydrogen-bond donors (Lipinski definition) is 2. The van der Waals surface area contributed by atoms with Gasteiger partial charge in [-0.15, -0.1) is 10.2 Å². The van der Waals surface area contributed by atoms with Crippen molar-refractivity contribution in [2.45, 2.75) is 25.3 Å². The highest BCUT2D eigenvalue weighted by atomic mass is 16.1. The summed E-state index contributed by atoms with van der Waals surface area (Å²) in [6, 6.07) is 3.34. The molecule has 16 heavy (non-hydrogen) atoms. The van der Waals surface area contributed by atoms with Gasteiger partial charge in [0, 0.05) is 6.07 Å². The second-order valence-electron chi connectivity index (χ2n) is 4.06. The van der Waals surface area contributed by atoms with Crippen molar-refractivity contribution in [1.29, 1.82) is 0 Å². The zero-order valence-corrected chi connectivity index (χ0v) is 8.81. The lowest BCUT2D eigenvalue weighted by Crippen LogP contribution is -2.29. The highest BCUT2D eigenvalue weighted by molar-refractivity contribution is 5.35. The van der Waals surface area contributed by atoms with Gasteiger partial charge in [-0.25, -0.2) is 4.52 Å². The van der Waals surface area contributed by atoms with E-state index in [1.807, 2.05) is 0 Å². The minimum atomic E-state index is -0.135. The van der Waals surface area contributed by atoms with Crippen molar-refractivity contribution < 1.29 is 0 Å². The van der Waals surface area contributed by atoms with E-state index in [4.69, 9.17) is 0 Å². The van der Waals surface area contributed by atoms with Crippen LogP contribution in [0.3, 0.4) is 0 Å². The molecular weight excluding hydrogens is 206 g/mol. The number of nitrogens with zero attached hydrogens (tertiary/aromatic N) is 3. The third-order valence-corrected chi connectivity index (χ3v) is 2.94. The van der Waals surface area contributed by atoms with Gasteiger partial charge in [0.25, 0.3) is 5.56 Å². The quantitative estimate of drug-likeness (QED) is 0.720. The summed E-state index contributed by atoms with van der Waals surface area (Å²) in [4.78, 5) is 11.3. The Morgan fingerprint density at radius 3 is 3.06 bits per heavy atom. The van der Waals surface area contributed by atoms with Crippen LogP contribution >= 0.6 is 0 Å². The predicted octanol–water partition coefficient (Wildman–Crippen LogP) is 0.232. The van der Waals surface area contributed by atoms with Crippen LogP contribution in [0.2, 0.25) is 0 Å². The first-order valence-corrected chi connectivity index (χ1v) is 5.52. The summed E-state index contributed by atoms with van der Waals surface area (Å²) in [5, 5.41) is 14.3. The van der Waals surface area contributed by atoms with Crippen LogP contribution in [-0.2, 0) is 0 Å². The molecule has 0 amide bonds. The Morgan fingerprint density at radius 1 is 1.31 bits per heavy atom. The van der Waals surface area contributed by atoms with Crippen LogP contribution in [0.4, 0.5) is 0 Å². The van der Waals surface area contributed by atoms with Crippen molar-refractivity contribution in [2.24, 2.45) is 0 Å². The molecule has 2 aromatic rings. The van der Waals surface area contributed by atoms with Crippen LogP contribution in [-0.4, -0.2) is 26.4 Å². The number of nitrogens with one attached hydrogen (secondary N) is 2. The van der Waals surface area contributed by atoms with Gasteiger partial charge in [0.05, 0.1) is 6.04 Å². The minimum Gasteiger partial charge on any atom is -0.307 e. The molecule has 1 atom stereocenters. The van der Waals surface area contributed by atoms with Crippen LogP contribution in [0, 0.1) is 0 Å². The average molecular weight is 219 g/mol. The number of hydrogen-bond acceptors (Lipinski definition) is 4. The third kappa shape index (κ3) is 1.51. The van der Waals surface area contributed by atoms with Crippen molar-refractivity contribution in [3.8, 4) is 0 Å². The maximum Gasteiger partial charge on any atom is 0.263 e. The first-order valence-electron chi connectivity index (χ1n) is 5.52. The zero-order valence-electron chi connectivity index (χ0n) is 8.81. The standard InChI is InChI=1S/C10H13N5O/c16-9-5-4-8-12-13-10(15(8)14-9)7-3-1-2-6-11-7/h4-5,7,11H,1-3,6H2,(H,14,16). The minimum absolute atomic E-state index is 0.135. The Balaban J connectivity index is 2.08. The lowest BCUT2D eigenvalue weighted by molar-refractivity contribution is 0.391. The molecule has 0 aromatic carbocycles. The van der Waals surface area contributed by atoms with Gasteiger partial charge >= 0.3 is 0 Å². The lowest BCUT2D eigenvalue weighted by atomic mass is 10.0. The molecule has 0 radical (unpaired) electrons. The Hall–Kier alpha value is -1.69. The first-order chi connectivity index (χ1) is 7.84. The molecule has 84 valence electrons. The van der Waals surface area contributed by atoms with Crippen LogP contribution in [0.25, 0.3) is 5.65 Å². The molecule has 2 N–H and O–H groups in total. The number of H-pyrrole nitrogens is 1. The molecule has 0 saturated carbocycles. The molecule has 1 fully saturated rings. The molecule has 2 aromatic heterocycles. The number of aromatic nitrogens is 4. The summed E-state index contributed by atoms with van der Waals surface area (Å²) in [5.41, 5.74) is 0.548. The zero-order chi connectivity index (χ0) is 11.0. The van der Waals surface area contributed by atoms with Gasteiger partial charge in [-0.3, -0.25) is 9.89 Å². The fraction of sp³-hybridized carbons (Fsp3) is 0.500. The van der Waals surface area contributed by atoms with Crippen molar-refractivity contribution >= 4 is 5.65 Å². The third-order valence-electron chi connectivity index (χ3n) is 2.94. The summed E-state index contributed by atoms with van der Waals surface area (Å²) >= 11 is 0. The topological polar surface area (TPSA) is 75.1 Å². The van der Waals surface area contributed by atoms with E-state index in [0.29, 0.717) is 5.65 Å². The second kappa shape index (κ2) is 3.71. The Bertz CT molecular complexity index is 552. The normalized spacial score (nSPS) is 21.4. The predicted molar refractivity (Wildman–Crippen MR) is 58.2 cm³/mol. The van der Waals surface area contributed by atoms with Gasteiger partial charge in [-0.1, -0.05) is 6.42 Å². The van der Waals surface area contributed by atoms with Crippen LogP contribution in [0.5, 0.6) is 0 Å². The van der Waals surface area contributed by atoms with Crippen LogP contribution in [0.1, 0.15) is 31.1 Å². The monoisotopic (exact) mass is 219 g/mol. The smallest absolute Gasteiger partial charge is 0.263 e. The molecule has 1 aliphatic heterocycles. The highest BCUT2D eigenvalue weighted by Gasteiger charge is 2.20. The van der Waals surface area contributed by atoms with Crippen LogP contribution in [0.15, 0.2) is 16.9 Å². The number of piperidine rings is 1. The maximum atomic E-state index is 11.3. The molecule has 6 nitrogen and oxygen atoms in total. The van der Waals surface area contributed by atoms with Crippen molar-refractivity contribution in [3.63, 3.8) is 0 Å². The Kier molecular flexibility index (Phi) is 2.21. The van der Waals surface area contributed by atoms with Crippen molar-refractivity contribution in [2.75, 3.05) is 6.54 Å². The number of fused-ring (bicyclic) bond motifs is 1. The van der Waals surface area contributed by atoms with E-state index in [0.717, 1.165) is 18.8 Å². The molecule has 0 spiro atoms. The van der Waals surface area contributed by atoms with E-state index in [9.17, 15) is 4.79 Å². The van der Waals surface area contributed by atoms with Gasteiger partial charge in [-0.05, 0) is 25.5 Å². The number of aromatic amines is 1. The van der Waals surface area contributed by atoms with E-state index in [2.05, 4.69) is 20.6 Å². The summed E-state index contributed by atoms with van der Waals surface area (Å²) in [5.74, 6) is 0.799. The van der Waals surface area contributed by atoms with Crippen LogP contribution < -0.4 is 10.9 Å². The van der Waals surface area contributed by atoms with Crippen molar-refractivity contribution in [1.82, 2.24) is 25.1 Å². The molecule has 1 unspecified atom stereocenters. The Labute approximate surface area is 91.7 Å². The van der Waals surface area contributed by atoms with Gasteiger partial charge < -0.3 is 5.32 Å². The molecule has 1 saturated heterocycles. The van der Waals surface area contributed by atoms with Gasteiger partial charge in [0.2, 0.25) is 0 Å². The summed E-state index contributed by atoms with van der Waals surface area (Å²) < 4.78 is 1.67. The van der Waals surface area contributed by atoms with Gasteiger partial charge in [-0.2, -0.15) is 0 Å². The molecule has 0 bridgehead atoms. The number of rotatable bonds is 1. The van der Waals surface area contributed by atoms with Crippen molar-refractivity contribution in [3.05, 3.63) is 28.3 Å². The summed E-state index contributed by atoms with van der Waals surface area (Å²) in [6.45, 7) is 0.997. The Morgan fingerprint density at radius 2 is 2.25 bits per heavy atom. The molecule has 3 rings (SSSR count). The van der Waals surface area contributed by atoms with E-state index in [-0.39, 0.29) is 11.6 Å². The molecule has 6 heteroatoms. The van der Waals surface area contributed by atoms with E-state index < -0.39 is 0 Å². The first kappa shape index (κ1) is 9.53. The SMILES string of the molecule is O=c1ccc2nnc(C3CCCCN3)n2[nH]1. The molecule has 3 heterocycles. The second-order valence-corrected chi connectivity index (χ2v) is 4.06. The molecule has 1 aliphatic rings. The van der Waals surface area contributed by atoms with E-state index >= 15 is 0 Å². The summed E-state index contributed by atoms with van der Waals surface area (Å²) in [6.07, 6.45) is 3.42. The average Bonchev–Trinajstić information content (AvgIpc) is 2.73. The molecular formula is C10H13N5O. The largest absolute Gasteiger partial charge is 0.307 e. The molecule has 0 aliphatic carbocycles. The van der Waals surface area contributed by atoms with Gasteiger partial charge in [0.15, 0.2) is 11.5 Å². The van der Waals surface area contributed by atoms with Gasteiger partial charge in [0.1, 0.15) is 0 Å². The fourth-order valence-electron chi connectivity index (χ4n) is 2.13. The lowest BCUT2D eigenvalue weighted by Gasteiger charge is -2.21. The van der Waals surface area contributed by atoms with E-state index in [1.165, 1.54) is 18.9 Å². The highest BCUT2D eigenvalue weighted by Crippen LogP contribution is 2.20.